The molecular formula is C17H20BrNO. The minimum absolute atomic E-state index is 0.304. The molecule has 0 heterocycles. The lowest BCUT2D eigenvalue weighted by atomic mass is 10.0. The summed E-state index contributed by atoms with van der Waals surface area (Å²) in [6, 6.07) is 14.6. The van der Waals surface area contributed by atoms with Crippen molar-refractivity contribution < 1.29 is 4.74 Å². The van der Waals surface area contributed by atoms with Crippen molar-refractivity contribution in [3.63, 3.8) is 0 Å². The Morgan fingerprint density at radius 2 is 1.90 bits per heavy atom. The summed E-state index contributed by atoms with van der Waals surface area (Å²) in [4.78, 5) is 0. The summed E-state index contributed by atoms with van der Waals surface area (Å²) in [5.74, 6) is 1.80. The molecule has 0 radical (unpaired) electrons. The predicted octanol–water partition coefficient (Wildman–Crippen LogP) is 5.22. The van der Waals surface area contributed by atoms with E-state index in [1.54, 1.807) is 0 Å². The van der Waals surface area contributed by atoms with Crippen LogP contribution in [0.3, 0.4) is 0 Å². The van der Waals surface area contributed by atoms with Gasteiger partial charge in [0.1, 0.15) is 11.5 Å². The third-order valence-electron chi connectivity index (χ3n) is 3.42. The molecule has 0 aliphatic rings. The lowest BCUT2D eigenvalue weighted by Crippen LogP contribution is -2.15. The molecule has 2 aromatic rings. The zero-order valence-corrected chi connectivity index (χ0v) is 13.7. The second-order valence-electron chi connectivity index (χ2n) is 4.80. The molecule has 106 valence electrons. The number of para-hydroxylation sites is 1. The molecule has 2 rings (SSSR count). The molecule has 1 unspecified atom stereocenters. The lowest BCUT2D eigenvalue weighted by molar-refractivity contribution is 0.455. The van der Waals surface area contributed by atoms with Crippen LogP contribution in [-0.4, -0.2) is 7.05 Å². The normalized spacial score (nSPS) is 12.2. The van der Waals surface area contributed by atoms with Gasteiger partial charge in [-0.15, -0.1) is 0 Å². The first-order valence-corrected chi connectivity index (χ1v) is 7.65. The van der Waals surface area contributed by atoms with Gasteiger partial charge in [-0.25, -0.2) is 0 Å². The fourth-order valence-electron chi connectivity index (χ4n) is 2.24. The van der Waals surface area contributed by atoms with Gasteiger partial charge >= 0.3 is 0 Å². The van der Waals surface area contributed by atoms with Gasteiger partial charge in [-0.3, -0.25) is 0 Å². The van der Waals surface area contributed by atoms with Gasteiger partial charge in [-0.2, -0.15) is 0 Å². The predicted molar refractivity (Wildman–Crippen MR) is 87.5 cm³/mol. The van der Waals surface area contributed by atoms with Gasteiger partial charge in [0, 0.05) is 16.1 Å². The molecule has 0 saturated heterocycles. The van der Waals surface area contributed by atoms with Crippen LogP contribution in [0.2, 0.25) is 0 Å². The van der Waals surface area contributed by atoms with Crippen LogP contribution in [0.5, 0.6) is 11.5 Å². The van der Waals surface area contributed by atoms with E-state index < -0.39 is 0 Å². The van der Waals surface area contributed by atoms with Gasteiger partial charge < -0.3 is 10.1 Å². The minimum atomic E-state index is 0.304. The molecule has 1 N–H and O–H groups in total. The van der Waals surface area contributed by atoms with E-state index in [2.05, 4.69) is 53.3 Å². The van der Waals surface area contributed by atoms with Gasteiger partial charge in [-0.05, 0) is 44.2 Å². The second-order valence-corrected chi connectivity index (χ2v) is 5.71. The van der Waals surface area contributed by atoms with Crippen LogP contribution in [0, 0.1) is 6.92 Å². The van der Waals surface area contributed by atoms with Crippen molar-refractivity contribution in [3.8, 4) is 11.5 Å². The van der Waals surface area contributed by atoms with E-state index in [9.17, 15) is 0 Å². The van der Waals surface area contributed by atoms with E-state index in [4.69, 9.17) is 4.74 Å². The summed E-state index contributed by atoms with van der Waals surface area (Å²) in [6.45, 7) is 4.22. The summed E-state index contributed by atoms with van der Waals surface area (Å²) in [5.41, 5.74) is 2.32. The topological polar surface area (TPSA) is 21.3 Å². The van der Waals surface area contributed by atoms with Crippen LogP contribution in [0.15, 0.2) is 46.9 Å². The number of halogens is 1. The van der Waals surface area contributed by atoms with Gasteiger partial charge in [0.05, 0.1) is 0 Å². The van der Waals surface area contributed by atoms with E-state index in [-0.39, 0.29) is 0 Å². The Labute approximate surface area is 129 Å². The summed E-state index contributed by atoms with van der Waals surface area (Å²) in [7, 11) is 1.98. The highest BCUT2D eigenvalue weighted by molar-refractivity contribution is 9.10. The Bertz CT molecular complexity index is 579. The van der Waals surface area contributed by atoms with E-state index in [0.29, 0.717) is 6.04 Å². The first-order valence-electron chi connectivity index (χ1n) is 6.86. The molecule has 2 nitrogen and oxygen atoms in total. The summed E-state index contributed by atoms with van der Waals surface area (Å²) in [5, 5.41) is 3.33. The average Bonchev–Trinajstić information content (AvgIpc) is 2.46. The van der Waals surface area contributed by atoms with Gasteiger partial charge in [0.15, 0.2) is 0 Å². The molecule has 1 atom stereocenters. The lowest BCUT2D eigenvalue weighted by Gasteiger charge is -2.19. The average molecular weight is 334 g/mol. The fourth-order valence-corrected chi connectivity index (χ4v) is 2.58. The van der Waals surface area contributed by atoms with Crippen molar-refractivity contribution in [3.05, 3.63) is 58.1 Å². The monoisotopic (exact) mass is 333 g/mol. The summed E-state index contributed by atoms with van der Waals surface area (Å²) >= 11 is 3.49. The molecular weight excluding hydrogens is 314 g/mol. The highest BCUT2D eigenvalue weighted by Gasteiger charge is 2.13. The zero-order valence-electron chi connectivity index (χ0n) is 12.1. The van der Waals surface area contributed by atoms with Crippen LogP contribution >= 0.6 is 15.9 Å². The number of hydrogen-bond acceptors (Lipinski definition) is 2. The standard InChI is InChI=1S/C17H20BrNO/c1-4-15(19-3)14-7-5-6-8-16(14)20-17-11-13(18)10-9-12(17)2/h5-11,15,19H,4H2,1-3H3. The van der Waals surface area contributed by atoms with Crippen LogP contribution in [0.1, 0.15) is 30.5 Å². The summed E-state index contributed by atoms with van der Waals surface area (Å²) in [6.07, 6.45) is 1.02. The van der Waals surface area contributed by atoms with Crippen LogP contribution < -0.4 is 10.1 Å². The number of aryl methyl sites for hydroxylation is 1. The molecule has 20 heavy (non-hydrogen) atoms. The maximum absolute atomic E-state index is 6.14. The smallest absolute Gasteiger partial charge is 0.132 e. The molecule has 0 aliphatic carbocycles. The van der Waals surface area contributed by atoms with Crippen LogP contribution in [0.25, 0.3) is 0 Å². The maximum Gasteiger partial charge on any atom is 0.132 e. The molecule has 0 fully saturated rings. The molecule has 0 saturated carbocycles. The van der Waals surface area contributed by atoms with Crippen molar-refractivity contribution in [2.24, 2.45) is 0 Å². The van der Waals surface area contributed by atoms with Crippen molar-refractivity contribution in [1.29, 1.82) is 0 Å². The number of nitrogens with one attached hydrogen (secondary N) is 1. The molecule has 0 aliphatic heterocycles. The molecule has 0 spiro atoms. The van der Waals surface area contributed by atoms with Gasteiger partial charge in [0.2, 0.25) is 0 Å². The highest BCUT2D eigenvalue weighted by atomic mass is 79.9. The number of rotatable bonds is 5. The first-order chi connectivity index (χ1) is 9.65. The Kier molecular flexibility index (Phi) is 5.21. The Morgan fingerprint density at radius 1 is 1.15 bits per heavy atom. The first kappa shape index (κ1) is 15.1. The van der Waals surface area contributed by atoms with E-state index in [0.717, 1.165) is 28.0 Å². The number of ether oxygens (including phenoxy) is 1. The quantitative estimate of drug-likeness (QED) is 0.809. The maximum atomic E-state index is 6.14. The number of benzene rings is 2. The van der Waals surface area contributed by atoms with Crippen molar-refractivity contribution in [2.75, 3.05) is 7.05 Å². The Balaban J connectivity index is 2.36. The zero-order chi connectivity index (χ0) is 14.5. The molecule has 2 aromatic carbocycles. The number of hydrogen-bond donors (Lipinski definition) is 1. The third-order valence-corrected chi connectivity index (χ3v) is 3.91. The SMILES string of the molecule is CCC(NC)c1ccccc1Oc1cc(Br)ccc1C. The second kappa shape index (κ2) is 6.91. The van der Waals surface area contributed by atoms with E-state index in [1.807, 2.05) is 31.3 Å². The highest BCUT2D eigenvalue weighted by Crippen LogP contribution is 2.33. The van der Waals surface area contributed by atoms with Gasteiger partial charge in [0.25, 0.3) is 0 Å². The molecule has 0 bridgehead atoms. The Morgan fingerprint density at radius 3 is 2.60 bits per heavy atom. The van der Waals surface area contributed by atoms with E-state index in [1.165, 1.54) is 5.56 Å². The Hall–Kier alpha value is -1.32. The molecule has 0 aromatic heterocycles. The van der Waals surface area contributed by atoms with Gasteiger partial charge in [-0.1, -0.05) is 47.1 Å². The fraction of sp³-hybridized carbons (Fsp3) is 0.294. The summed E-state index contributed by atoms with van der Waals surface area (Å²) < 4.78 is 7.16. The molecule has 0 amide bonds. The van der Waals surface area contributed by atoms with Crippen molar-refractivity contribution in [2.45, 2.75) is 26.3 Å². The largest absolute Gasteiger partial charge is 0.457 e. The van der Waals surface area contributed by atoms with Crippen LogP contribution in [0.4, 0.5) is 0 Å². The van der Waals surface area contributed by atoms with Crippen molar-refractivity contribution in [1.82, 2.24) is 5.32 Å². The van der Waals surface area contributed by atoms with Crippen LogP contribution in [-0.2, 0) is 0 Å². The molecule has 3 heteroatoms. The minimum Gasteiger partial charge on any atom is -0.457 e. The van der Waals surface area contributed by atoms with E-state index >= 15 is 0 Å². The third kappa shape index (κ3) is 3.41. The van der Waals surface area contributed by atoms with Crippen molar-refractivity contribution >= 4 is 15.9 Å².